The number of imidazole rings is 1. The van der Waals surface area contributed by atoms with Crippen LogP contribution in [0.15, 0.2) is 30.9 Å². The first kappa shape index (κ1) is 19.7. The average molecular weight is 411 g/mol. The van der Waals surface area contributed by atoms with Gasteiger partial charge in [-0.05, 0) is 20.8 Å². The summed E-state index contributed by atoms with van der Waals surface area (Å²) >= 11 is 0. The molecule has 1 amide bonds. The van der Waals surface area contributed by atoms with Gasteiger partial charge in [0.25, 0.3) is 0 Å². The number of fused-ring (bicyclic) bond motifs is 1. The molecule has 158 valence electrons. The summed E-state index contributed by atoms with van der Waals surface area (Å²) in [6, 6.07) is 1.79. The van der Waals surface area contributed by atoms with Crippen LogP contribution in [0.3, 0.4) is 0 Å². The zero-order valence-corrected chi connectivity index (χ0v) is 17.2. The standard InChI is InChI=1S/C20H25N7O3/c1-4-30-16-7-18-23-13(2)10-26(18)12-15(16)24-17-8-22-19(9-21-17)25-5-6-27(20(28)29)14(3)11-25/h7-10,12,14H,4-6,11H2,1-3H3,(H,21,24)(H,28,29)/t14-/m0/s1. The third-order valence-corrected chi connectivity index (χ3v) is 5.07. The van der Waals surface area contributed by atoms with Crippen LogP contribution in [0.5, 0.6) is 5.75 Å². The van der Waals surface area contributed by atoms with Gasteiger partial charge in [0, 0.05) is 44.1 Å². The number of anilines is 3. The summed E-state index contributed by atoms with van der Waals surface area (Å²) in [5, 5.41) is 12.5. The molecular formula is C20H25N7O3. The Labute approximate surface area is 174 Å². The second-order valence-corrected chi connectivity index (χ2v) is 7.29. The van der Waals surface area contributed by atoms with Crippen molar-refractivity contribution >= 4 is 29.1 Å². The molecule has 2 N–H and O–H groups in total. The highest BCUT2D eigenvalue weighted by Gasteiger charge is 2.27. The van der Waals surface area contributed by atoms with Gasteiger partial charge < -0.3 is 29.4 Å². The van der Waals surface area contributed by atoms with Gasteiger partial charge in [-0.2, -0.15) is 0 Å². The van der Waals surface area contributed by atoms with Crippen molar-refractivity contribution in [3.05, 3.63) is 36.5 Å². The molecule has 0 aliphatic carbocycles. The van der Waals surface area contributed by atoms with Gasteiger partial charge in [-0.1, -0.05) is 0 Å². The molecule has 1 aliphatic heterocycles. The van der Waals surface area contributed by atoms with Crippen molar-refractivity contribution in [2.45, 2.75) is 26.8 Å². The fourth-order valence-electron chi connectivity index (χ4n) is 3.65. The fourth-order valence-corrected chi connectivity index (χ4v) is 3.65. The molecule has 0 spiro atoms. The minimum Gasteiger partial charge on any atom is -0.491 e. The molecule has 10 nitrogen and oxygen atoms in total. The third kappa shape index (κ3) is 3.93. The molecule has 0 bridgehead atoms. The molecule has 4 rings (SSSR count). The Morgan fingerprint density at radius 3 is 2.80 bits per heavy atom. The molecule has 0 radical (unpaired) electrons. The van der Waals surface area contributed by atoms with Gasteiger partial charge >= 0.3 is 6.09 Å². The largest absolute Gasteiger partial charge is 0.491 e. The predicted octanol–water partition coefficient (Wildman–Crippen LogP) is 2.76. The lowest BCUT2D eigenvalue weighted by Crippen LogP contribution is -2.53. The highest BCUT2D eigenvalue weighted by molar-refractivity contribution is 5.67. The topological polar surface area (TPSA) is 108 Å². The van der Waals surface area contributed by atoms with Crippen LogP contribution in [-0.4, -0.2) is 67.7 Å². The Morgan fingerprint density at radius 1 is 1.30 bits per heavy atom. The Bertz CT molecular complexity index is 1050. The molecule has 0 unspecified atom stereocenters. The molecule has 4 heterocycles. The smallest absolute Gasteiger partial charge is 0.407 e. The van der Waals surface area contributed by atoms with E-state index < -0.39 is 6.09 Å². The number of carboxylic acid groups (broad SMARTS) is 1. The number of pyridine rings is 1. The predicted molar refractivity (Wildman–Crippen MR) is 113 cm³/mol. The summed E-state index contributed by atoms with van der Waals surface area (Å²) in [5.74, 6) is 2.01. The van der Waals surface area contributed by atoms with E-state index in [0.29, 0.717) is 37.8 Å². The highest BCUT2D eigenvalue weighted by Crippen LogP contribution is 2.29. The maximum atomic E-state index is 11.2. The van der Waals surface area contributed by atoms with Crippen molar-refractivity contribution < 1.29 is 14.6 Å². The van der Waals surface area contributed by atoms with Gasteiger partial charge in [0.05, 0.1) is 30.4 Å². The molecule has 1 fully saturated rings. The molecule has 0 aromatic carbocycles. The number of nitrogens with zero attached hydrogens (tertiary/aromatic N) is 6. The van der Waals surface area contributed by atoms with Gasteiger partial charge in [-0.15, -0.1) is 0 Å². The van der Waals surface area contributed by atoms with Gasteiger partial charge in [-0.25, -0.2) is 19.7 Å². The fraction of sp³-hybridized carbons (Fsp3) is 0.400. The molecule has 1 saturated heterocycles. The van der Waals surface area contributed by atoms with Crippen molar-refractivity contribution in [1.82, 2.24) is 24.3 Å². The number of nitrogens with one attached hydrogen (secondary N) is 1. The van der Waals surface area contributed by atoms with Gasteiger partial charge in [0.1, 0.15) is 23.0 Å². The van der Waals surface area contributed by atoms with E-state index in [-0.39, 0.29) is 6.04 Å². The van der Waals surface area contributed by atoms with Crippen molar-refractivity contribution in [2.24, 2.45) is 0 Å². The van der Waals surface area contributed by atoms with Crippen LogP contribution in [0, 0.1) is 6.92 Å². The van der Waals surface area contributed by atoms with Crippen molar-refractivity contribution in [3.63, 3.8) is 0 Å². The minimum absolute atomic E-state index is 0.102. The van der Waals surface area contributed by atoms with Crippen LogP contribution in [0.4, 0.5) is 22.1 Å². The van der Waals surface area contributed by atoms with Crippen LogP contribution in [0.1, 0.15) is 19.5 Å². The van der Waals surface area contributed by atoms with E-state index in [1.54, 1.807) is 12.4 Å². The van der Waals surface area contributed by atoms with Crippen molar-refractivity contribution in [3.8, 4) is 5.75 Å². The lowest BCUT2D eigenvalue weighted by Gasteiger charge is -2.38. The molecule has 1 aliphatic rings. The van der Waals surface area contributed by atoms with Crippen LogP contribution >= 0.6 is 0 Å². The van der Waals surface area contributed by atoms with E-state index in [9.17, 15) is 9.90 Å². The number of amides is 1. The SMILES string of the molecule is CCOc1cc2nc(C)cn2cc1Nc1cnc(N2CCN(C(=O)O)[C@@H](C)C2)cn1. The van der Waals surface area contributed by atoms with Crippen molar-refractivity contribution in [2.75, 3.05) is 36.5 Å². The summed E-state index contributed by atoms with van der Waals surface area (Å²) in [6.45, 7) is 7.93. The summed E-state index contributed by atoms with van der Waals surface area (Å²) in [4.78, 5) is 28.2. The second kappa shape index (κ2) is 8.05. The van der Waals surface area contributed by atoms with E-state index in [2.05, 4.69) is 20.3 Å². The summed E-state index contributed by atoms with van der Waals surface area (Å²) in [7, 11) is 0. The van der Waals surface area contributed by atoms with Crippen molar-refractivity contribution in [1.29, 1.82) is 0 Å². The number of hydrogen-bond donors (Lipinski definition) is 2. The van der Waals surface area contributed by atoms with Crippen LogP contribution < -0.4 is 15.0 Å². The maximum absolute atomic E-state index is 11.2. The van der Waals surface area contributed by atoms with E-state index in [4.69, 9.17) is 4.74 Å². The third-order valence-electron chi connectivity index (χ3n) is 5.07. The van der Waals surface area contributed by atoms with E-state index in [1.807, 2.05) is 48.5 Å². The zero-order valence-electron chi connectivity index (χ0n) is 17.2. The van der Waals surface area contributed by atoms with E-state index >= 15 is 0 Å². The Morgan fingerprint density at radius 2 is 2.13 bits per heavy atom. The van der Waals surface area contributed by atoms with Gasteiger partial charge in [0.2, 0.25) is 0 Å². The number of carbonyl (C=O) groups is 1. The average Bonchev–Trinajstić information content (AvgIpc) is 3.07. The monoisotopic (exact) mass is 411 g/mol. The van der Waals surface area contributed by atoms with E-state index in [1.165, 1.54) is 4.90 Å². The molecule has 3 aromatic rings. The number of ether oxygens (including phenoxy) is 1. The van der Waals surface area contributed by atoms with Crippen LogP contribution in [0.25, 0.3) is 5.65 Å². The first-order valence-electron chi connectivity index (χ1n) is 9.90. The Hall–Kier alpha value is -3.56. The second-order valence-electron chi connectivity index (χ2n) is 7.29. The first-order valence-corrected chi connectivity index (χ1v) is 9.90. The Balaban J connectivity index is 1.51. The van der Waals surface area contributed by atoms with E-state index in [0.717, 1.165) is 22.8 Å². The molecule has 3 aromatic heterocycles. The van der Waals surface area contributed by atoms with Crippen LogP contribution in [-0.2, 0) is 0 Å². The molecule has 30 heavy (non-hydrogen) atoms. The maximum Gasteiger partial charge on any atom is 0.407 e. The molecule has 1 atom stereocenters. The van der Waals surface area contributed by atoms with Crippen LogP contribution in [0.2, 0.25) is 0 Å². The normalized spacial score (nSPS) is 16.7. The lowest BCUT2D eigenvalue weighted by atomic mass is 10.2. The molecular weight excluding hydrogens is 386 g/mol. The number of aryl methyl sites for hydroxylation is 1. The number of aromatic nitrogens is 4. The first-order chi connectivity index (χ1) is 14.4. The summed E-state index contributed by atoms with van der Waals surface area (Å²) in [5.41, 5.74) is 2.51. The summed E-state index contributed by atoms with van der Waals surface area (Å²) in [6.07, 6.45) is 6.35. The quantitative estimate of drug-likeness (QED) is 0.660. The zero-order chi connectivity index (χ0) is 21.3. The Kier molecular flexibility index (Phi) is 5.30. The highest BCUT2D eigenvalue weighted by atomic mass is 16.5. The number of rotatable bonds is 5. The van der Waals surface area contributed by atoms with Gasteiger partial charge in [0.15, 0.2) is 0 Å². The molecule has 0 saturated carbocycles. The lowest BCUT2D eigenvalue weighted by molar-refractivity contribution is 0.122. The summed E-state index contributed by atoms with van der Waals surface area (Å²) < 4.78 is 7.70. The number of hydrogen-bond acceptors (Lipinski definition) is 7. The minimum atomic E-state index is -0.886. The number of piperazine rings is 1. The molecule has 10 heteroatoms. The van der Waals surface area contributed by atoms with Gasteiger partial charge in [-0.3, -0.25) is 0 Å².